The third kappa shape index (κ3) is 2.73. The molecule has 3 nitrogen and oxygen atoms in total. The maximum Gasteiger partial charge on any atom is 0.106 e. The van der Waals surface area contributed by atoms with Gasteiger partial charge < -0.3 is 4.57 Å². The standard InChI is InChI=1S/C18H27N3/c1-3-6-14-9-10-15(12-19)18(11-14)21-13(2)20-16-7-4-5-8-17(16)21/h14-15,18H,3-11H2,1-2H3. The third-order valence-corrected chi connectivity index (χ3v) is 5.47. The zero-order valence-corrected chi connectivity index (χ0v) is 13.4. The Kier molecular flexibility index (Phi) is 4.33. The molecule has 0 spiro atoms. The van der Waals surface area contributed by atoms with Crippen molar-refractivity contribution in [3.05, 3.63) is 17.2 Å². The van der Waals surface area contributed by atoms with Crippen LogP contribution in [-0.2, 0) is 12.8 Å². The molecule has 1 heterocycles. The van der Waals surface area contributed by atoms with Crippen LogP contribution in [-0.4, -0.2) is 9.55 Å². The van der Waals surface area contributed by atoms with Gasteiger partial charge >= 0.3 is 0 Å². The van der Waals surface area contributed by atoms with Crippen LogP contribution in [0.4, 0.5) is 0 Å². The Morgan fingerprint density at radius 3 is 2.86 bits per heavy atom. The molecule has 0 aromatic carbocycles. The average Bonchev–Trinajstić information content (AvgIpc) is 2.83. The molecular weight excluding hydrogens is 258 g/mol. The van der Waals surface area contributed by atoms with Gasteiger partial charge in [0.05, 0.1) is 23.7 Å². The lowest BCUT2D eigenvalue weighted by molar-refractivity contribution is 0.205. The fourth-order valence-corrected chi connectivity index (χ4v) is 4.48. The monoisotopic (exact) mass is 285 g/mol. The first-order valence-electron chi connectivity index (χ1n) is 8.70. The lowest BCUT2D eigenvalue weighted by Crippen LogP contribution is -2.29. The van der Waals surface area contributed by atoms with Crippen molar-refractivity contribution in [2.24, 2.45) is 11.8 Å². The van der Waals surface area contributed by atoms with Crippen molar-refractivity contribution in [1.29, 1.82) is 5.26 Å². The van der Waals surface area contributed by atoms with Gasteiger partial charge in [-0.3, -0.25) is 0 Å². The Morgan fingerprint density at radius 1 is 1.29 bits per heavy atom. The van der Waals surface area contributed by atoms with Crippen molar-refractivity contribution in [3.63, 3.8) is 0 Å². The van der Waals surface area contributed by atoms with Crippen molar-refractivity contribution < 1.29 is 0 Å². The Morgan fingerprint density at radius 2 is 2.10 bits per heavy atom. The van der Waals surface area contributed by atoms with Gasteiger partial charge in [-0.05, 0) is 57.8 Å². The molecular formula is C18H27N3. The topological polar surface area (TPSA) is 41.6 Å². The van der Waals surface area contributed by atoms with Crippen LogP contribution in [0.15, 0.2) is 0 Å². The maximum absolute atomic E-state index is 9.59. The van der Waals surface area contributed by atoms with Crippen molar-refractivity contribution in [2.45, 2.75) is 77.7 Å². The summed E-state index contributed by atoms with van der Waals surface area (Å²) in [6.45, 7) is 4.41. The van der Waals surface area contributed by atoms with E-state index in [1.807, 2.05) is 0 Å². The number of fused-ring (bicyclic) bond motifs is 1. The van der Waals surface area contributed by atoms with Gasteiger partial charge in [0, 0.05) is 5.69 Å². The Bertz CT molecular complexity index is 537. The summed E-state index contributed by atoms with van der Waals surface area (Å²) in [7, 11) is 0. The molecule has 3 rings (SSSR count). The van der Waals surface area contributed by atoms with Crippen LogP contribution >= 0.6 is 0 Å². The van der Waals surface area contributed by atoms with Crippen molar-refractivity contribution in [1.82, 2.24) is 9.55 Å². The zero-order valence-electron chi connectivity index (χ0n) is 13.4. The van der Waals surface area contributed by atoms with Crippen LogP contribution < -0.4 is 0 Å². The van der Waals surface area contributed by atoms with Crippen molar-refractivity contribution in [2.75, 3.05) is 0 Å². The molecule has 0 saturated heterocycles. The molecule has 2 aliphatic rings. The first-order chi connectivity index (χ1) is 10.2. The molecule has 3 atom stereocenters. The van der Waals surface area contributed by atoms with Gasteiger partial charge in [0.1, 0.15) is 5.82 Å². The second-order valence-corrected chi connectivity index (χ2v) is 6.90. The summed E-state index contributed by atoms with van der Waals surface area (Å²) in [5.41, 5.74) is 2.76. The molecule has 1 aromatic heterocycles. The molecule has 0 radical (unpaired) electrons. The zero-order chi connectivity index (χ0) is 14.8. The Balaban J connectivity index is 1.92. The molecule has 21 heavy (non-hydrogen) atoms. The minimum absolute atomic E-state index is 0.178. The predicted molar refractivity (Wildman–Crippen MR) is 84.0 cm³/mol. The molecule has 0 bridgehead atoms. The van der Waals surface area contributed by atoms with Gasteiger partial charge in [0.25, 0.3) is 0 Å². The summed E-state index contributed by atoms with van der Waals surface area (Å²) in [5, 5.41) is 9.59. The second kappa shape index (κ2) is 6.22. The summed E-state index contributed by atoms with van der Waals surface area (Å²) in [6, 6.07) is 2.96. The number of nitrogens with zero attached hydrogens (tertiary/aromatic N) is 3. The Hall–Kier alpha value is -1.30. The van der Waals surface area contributed by atoms with Crippen LogP contribution in [0.25, 0.3) is 0 Å². The van der Waals surface area contributed by atoms with Gasteiger partial charge in [-0.2, -0.15) is 5.26 Å². The van der Waals surface area contributed by atoms with Gasteiger partial charge in [-0.25, -0.2) is 4.98 Å². The van der Waals surface area contributed by atoms with E-state index in [0.29, 0.717) is 6.04 Å². The first-order valence-corrected chi connectivity index (χ1v) is 8.70. The highest BCUT2D eigenvalue weighted by molar-refractivity contribution is 5.22. The minimum Gasteiger partial charge on any atom is -0.328 e. The van der Waals surface area contributed by atoms with Gasteiger partial charge in [-0.1, -0.05) is 19.8 Å². The number of nitriles is 1. The van der Waals surface area contributed by atoms with E-state index in [1.54, 1.807) is 0 Å². The van der Waals surface area contributed by atoms with Crippen molar-refractivity contribution >= 4 is 0 Å². The van der Waals surface area contributed by atoms with E-state index >= 15 is 0 Å². The van der Waals surface area contributed by atoms with E-state index in [0.717, 1.165) is 31.0 Å². The quantitative estimate of drug-likeness (QED) is 0.828. The summed E-state index contributed by atoms with van der Waals surface area (Å²) < 4.78 is 2.46. The fourth-order valence-electron chi connectivity index (χ4n) is 4.48. The second-order valence-electron chi connectivity index (χ2n) is 6.90. The molecule has 1 aromatic rings. The van der Waals surface area contributed by atoms with E-state index in [1.165, 1.54) is 49.9 Å². The minimum atomic E-state index is 0.178. The van der Waals surface area contributed by atoms with E-state index in [9.17, 15) is 5.26 Å². The lowest BCUT2D eigenvalue weighted by Gasteiger charge is -2.35. The number of hydrogen-bond acceptors (Lipinski definition) is 2. The van der Waals surface area contributed by atoms with E-state index in [-0.39, 0.29) is 5.92 Å². The van der Waals surface area contributed by atoms with Crippen LogP contribution in [0, 0.1) is 30.1 Å². The van der Waals surface area contributed by atoms with Crippen molar-refractivity contribution in [3.8, 4) is 6.07 Å². The van der Waals surface area contributed by atoms with Crippen LogP contribution in [0.1, 0.15) is 75.1 Å². The van der Waals surface area contributed by atoms with Gasteiger partial charge in [0.15, 0.2) is 0 Å². The number of hydrogen-bond donors (Lipinski definition) is 0. The summed E-state index contributed by atoms with van der Waals surface area (Å²) in [6.07, 6.45) is 10.9. The third-order valence-electron chi connectivity index (χ3n) is 5.47. The van der Waals surface area contributed by atoms with Crippen LogP contribution in [0.2, 0.25) is 0 Å². The number of rotatable bonds is 3. The number of imidazole rings is 1. The van der Waals surface area contributed by atoms with E-state index in [4.69, 9.17) is 4.98 Å². The van der Waals surface area contributed by atoms with Crippen LogP contribution in [0.3, 0.4) is 0 Å². The van der Waals surface area contributed by atoms with Crippen LogP contribution in [0.5, 0.6) is 0 Å². The SMILES string of the molecule is CCCC1CCC(C#N)C(n2c(C)nc3c2CCCC3)C1. The highest BCUT2D eigenvalue weighted by atomic mass is 15.1. The highest BCUT2D eigenvalue weighted by Crippen LogP contribution is 2.41. The number of aromatic nitrogens is 2. The molecule has 0 amide bonds. The fraction of sp³-hybridized carbons (Fsp3) is 0.778. The smallest absolute Gasteiger partial charge is 0.106 e. The molecule has 2 aliphatic carbocycles. The molecule has 1 saturated carbocycles. The first kappa shape index (κ1) is 14.6. The summed E-state index contributed by atoms with van der Waals surface area (Å²) in [4.78, 5) is 4.82. The summed E-state index contributed by atoms with van der Waals surface area (Å²) >= 11 is 0. The summed E-state index contributed by atoms with van der Waals surface area (Å²) in [5.74, 6) is 2.12. The molecule has 1 fully saturated rings. The molecule has 3 unspecified atom stereocenters. The number of aryl methyl sites for hydroxylation is 2. The normalized spacial score (nSPS) is 28.9. The highest BCUT2D eigenvalue weighted by Gasteiger charge is 2.34. The Labute approximate surface area is 128 Å². The van der Waals surface area contributed by atoms with E-state index in [2.05, 4.69) is 24.5 Å². The average molecular weight is 285 g/mol. The van der Waals surface area contributed by atoms with E-state index < -0.39 is 0 Å². The molecule has 0 N–H and O–H groups in total. The van der Waals surface area contributed by atoms with Gasteiger partial charge in [-0.15, -0.1) is 0 Å². The molecule has 0 aliphatic heterocycles. The van der Waals surface area contributed by atoms with Gasteiger partial charge in [0.2, 0.25) is 0 Å². The largest absolute Gasteiger partial charge is 0.328 e. The molecule has 114 valence electrons. The predicted octanol–water partition coefficient (Wildman–Crippen LogP) is 4.35. The maximum atomic E-state index is 9.59. The molecule has 3 heteroatoms. The lowest BCUT2D eigenvalue weighted by atomic mass is 9.77.